The Balaban J connectivity index is 2.32. The molecule has 1 aromatic rings. The molecule has 1 rings (SSSR count). The number of ether oxygens (including phenoxy) is 1. The maximum Gasteiger partial charge on any atom is 0.325 e. The molecule has 0 aromatic heterocycles. The summed E-state index contributed by atoms with van der Waals surface area (Å²) in [5, 5.41) is 5.05. The number of hydrogen-bond acceptors (Lipinski definition) is 4. The van der Waals surface area contributed by atoms with Gasteiger partial charge >= 0.3 is 5.97 Å². The van der Waals surface area contributed by atoms with Crippen LogP contribution in [0.15, 0.2) is 30.3 Å². The molecule has 0 saturated carbocycles. The van der Waals surface area contributed by atoms with Crippen molar-refractivity contribution in [2.75, 3.05) is 6.54 Å². The van der Waals surface area contributed by atoms with Crippen molar-refractivity contribution in [1.82, 2.24) is 10.6 Å². The highest BCUT2D eigenvalue weighted by Gasteiger charge is 2.25. The third-order valence-electron chi connectivity index (χ3n) is 3.07. The zero-order chi connectivity index (χ0) is 17.5. The van der Waals surface area contributed by atoms with Gasteiger partial charge in [0.25, 0.3) is 0 Å². The second kappa shape index (κ2) is 8.31. The van der Waals surface area contributed by atoms with Gasteiger partial charge in [-0.2, -0.15) is 0 Å². The Morgan fingerprint density at radius 1 is 1.13 bits per heavy atom. The Labute approximate surface area is 136 Å². The van der Waals surface area contributed by atoms with Gasteiger partial charge in [-0.25, -0.2) is 0 Å². The standard InChI is InChI=1S/C17H24N2O4/c1-12(19-16(22)17(2,3)4)15(21)18-10-14(20)23-11-13-8-6-5-7-9-13/h5-9,12H,10-11H2,1-4H3,(H,18,21)(H,19,22). The number of esters is 1. The minimum atomic E-state index is -0.719. The van der Waals surface area contributed by atoms with Gasteiger partial charge in [0, 0.05) is 5.41 Å². The number of hydrogen-bond donors (Lipinski definition) is 2. The predicted molar refractivity (Wildman–Crippen MR) is 86.3 cm³/mol. The number of benzene rings is 1. The average molecular weight is 320 g/mol. The maximum absolute atomic E-state index is 11.9. The highest BCUT2D eigenvalue weighted by molar-refractivity contribution is 5.90. The van der Waals surface area contributed by atoms with Crippen molar-refractivity contribution in [3.8, 4) is 0 Å². The highest BCUT2D eigenvalue weighted by Crippen LogP contribution is 2.12. The molecule has 23 heavy (non-hydrogen) atoms. The lowest BCUT2D eigenvalue weighted by Crippen LogP contribution is -2.49. The van der Waals surface area contributed by atoms with E-state index in [4.69, 9.17) is 4.74 Å². The van der Waals surface area contributed by atoms with Gasteiger partial charge in [-0.1, -0.05) is 51.1 Å². The van der Waals surface area contributed by atoms with Crippen LogP contribution in [0.5, 0.6) is 0 Å². The molecule has 0 saturated heterocycles. The van der Waals surface area contributed by atoms with E-state index in [1.165, 1.54) is 0 Å². The largest absolute Gasteiger partial charge is 0.460 e. The second-order valence-corrected chi connectivity index (χ2v) is 6.31. The summed E-state index contributed by atoms with van der Waals surface area (Å²) in [7, 11) is 0. The topological polar surface area (TPSA) is 84.5 Å². The van der Waals surface area contributed by atoms with E-state index in [1.807, 2.05) is 30.3 Å². The normalized spacial score (nSPS) is 12.2. The van der Waals surface area contributed by atoms with Crippen LogP contribution in [0, 0.1) is 5.41 Å². The molecule has 6 heteroatoms. The van der Waals surface area contributed by atoms with Crippen molar-refractivity contribution in [3.63, 3.8) is 0 Å². The fourth-order valence-corrected chi connectivity index (χ4v) is 1.58. The molecule has 0 fully saturated rings. The summed E-state index contributed by atoms with van der Waals surface area (Å²) < 4.78 is 5.05. The van der Waals surface area contributed by atoms with E-state index < -0.39 is 23.3 Å². The van der Waals surface area contributed by atoms with Crippen LogP contribution in [0.3, 0.4) is 0 Å². The summed E-state index contributed by atoms with van der Waals surface area (Å²) in [5.74, 6) is -1.19. The van der Waals surface area contributed by atoms with Crippen LogP contribution in [0.4, 0.5) is 0 Å². The Bertz CT molecular complexity index is 549. The van der Waals surface area contributed by atoms with Crippen LogP contribution in [-0.2, 0) is 25.7 Å². The van der Waals surface area contributed by atoms with Crippen LogP contribution in [-0.4, -0.2) is 30.4 Å². The molecular weight excluding hydrogens is 296 g/mol. The van der Waals surface area contributed by atoms with Crippen molar-refractivity contribution in [2.24, 2.45) is 5.41 Å². The molecule has 1 aromatic carbocycles. The van der Waals surface area contributed by atoms with Gasteiger partial charge < -0.3 is 15.4 Å². The van der Waals surface area contributed by atoms with E-state index >= 15 is 0 Å². The van der Waals surface area contributed by atoms with Crippen molar-refractivity contribution >= 4 is 17.8 Å². The van der Waals surface area contributed by atoms with Gasteiger partial charge in [-0.05, 0) is 12.5 Å². The maximum atomic E-state index is 11.9. The van der Waals surface area contributed by atoms with Gasteiger partial charge in [0.2, 0.25) is 11.8 Å². The molecule has 2 amide bonds. The lowest BCUT2D eigenvalue weighted by atomic mass is 9.95. The lowest BCUT2D eigenvalue weighted by molar-refractivity contribution is -0.145. The number of amides is 2. The number of nitrogens with one attached hydrogen (secondary N) is 2. The third-order valence-corrected chi connectivity index (χ3v) is 3.07. The number of rotatable bonds is 6. The minimum Gasteiger partial charge on any atom is -0.460 e. The molecule has 0 spiro atoms. The van der Waals surface area contributed by atoms with E-state index in [1.54, 1.807) is 27.7 Å². The summed E-state index contributed by atoms with van der Waals surface area (Å²) in [4.78, 5) is 35.2. The first kappa shape index (κ1) is 18.7. The Morgan fingerprint density at radius 2 is 1.74 bits per heavy atom. The third kappa shape index (κ3) is 6.95. The van der Waals surface area contributed by atoms with Crippen molar-refractivity contribution < 1.29 is 19.1 Å². The monoisotopic (exact) mass is 320 g/mol. The summed E-state index contributed by atoms with van der Waals surface area (Å²) in [6.07, 6.45) is 0. The molecule has 1 atom stereocenters. The van der Waals surface area contributed by atoms with Crippen LogP contribution >= 0.6 is 0 Å². The van der Waals surface area contributed by atoms with E-state index in [0.717, 1.165) is 5.56 Å². The Hall–Kier alpha value is -2.37. The molecule has 1 unspecified atom stereocenters. The van der Waals surface area contributed by atoms with E-state index in [-0.39, 0.29) is 19.1 Å². The van der Waals surface area contributed by atoms with E-state index in [0.29, 0.717) is 0 Å². The summed E-state index contributed by atoms with van der Waals surface area (Å²) >= 11 is 0. The predicted octanol–water partition coefficient (Wildman–Crippen LogP) is 1.40. The van der Waals surface area contributed by atoms with Crippen LogP contribution < -0.4 is 10.6 Å². The first-order valence-electron chi connectivity index (χ1n) is 7.48. The van der Waals surface area contributed by atoms with Crippen molar-refractivity contribution in [3.05, 3.63) is 35.9 Å². The van der Waals surface area contributed by atoms with E-state index in [9.17, 15) is 14.4 Å². The molecule has 0 heterocycles. The highest BCUT2D eigenvalue weighted by atomic mass is 16.5. The molecule has 0 aliphatic heterocycles. The van der Waals surface area contributed by atoms with Crippen LogP contribution in [0.2, 0.25) is 0 Å². The quantitative estimate of drug-likeness (QED) is 0.776. The Morgan fingerprint density at radius 3 is 2.30 bits per heavy atom. The van der Waals surface area contributed by atoms with Crippen LogP contribution in [0.1, 0.15) is 33.3 Å². The lowest BCUT2D eigenvalue weighted by Gasteiger charge is -2.21. The van der Waals surface area contributed by atoms with E-state index in [2.05, 4.69) is 10.6 Å². The van der Waals surface area contributed by atoms with Crippen molar-refractivity contribution in [1.29, 1.82) is 0 Å². The Kier molecular flexibility index (Phi) is 6.75. The molecular formula is C17H24N2O4. The smallest absolute Gasteiger partial charge is 0.325 e. The SMILES string of the molecule is CC(NC(=O)C(C)(C)C)C(=O)NCC(=O)OCc1ccccc1. The molecule has 0 aliphatic rings. The molecule has 6 nitrogen and oxygen atoms in total. The summed E-state index contributed by atoms with van der Waals surface area (Å²) in [6.45, 7) is 6.76. The molecule has 0 radical (unpaired) electrons. The summed E-state index contributed by atoms with van der Waals surface area (Å²) in [6, 6.07) is 8.54. The minimum absolute atomic E-state index is 0.159. The number of carbonyl (C=O) groups excluding carboxylic acids is 3. The molecule has 0 aliphatic carbocycles. The molecule has 126 valence electrons. The van der Waals surface area contributed by atoms with Gasteiger partial charge in [-0.15, -0.1) is 0 Å². The first-order valence-corrected chi connectivity index (χ1v) is 7.48. The van der Waals surface area contributed by atoms with Gasteiger partial charge in [0.15, 0.2) is 0 Å². The summed E-state index contributed by atoms with van der Waals surface area (Å²) in [5.41, 5.74) is 0.293. The van der Waals surface area contributed by atoms with Gasteiger partial charge in [0.05, 0.1) is 0 Å². The fraction of sp³-hybridized carbons (Fsp3) is 0.471. The zero-order valence-electron chi connectivity index (χ0n) is 14.0. The zero-order valence-corrected chi connectivity index (χ0v) is 14.0. The average Bonchev–Trinajstić information content (AvgIpc) is 2.50. The van der Waals surface area contributed by atoms with Crippen LogP contribution in [0.25, 0.3) is 0 Å². The number of carbonyl (C=O) groups is 3. The van der Waals surface area contributed by atoms with Gasteiger partial charge in [-0.3, -0.25) is 14.4 Å². The molecule has 0 bridgehead atoms. The van der Waals surface area contributed by atoms with Crippen molar-refractivity contribution in [2.45, 2.75) is 40.3 Å². The molecule has 2 N–H and O–H groups in total. The second-order valence-electron chi connectivity index (χ2n) is 6.31. The first-order chi connectivity index (χ1) is 10.7. The van der Waals surface area contributed by atoms with Gasteiger partial charge in [0.1, 0.15) is 19.2 Å². The fourth-order valence-electron chi connectivity index (χ4n) is 1.58.